The highest BCUT2D eigenvalue weighted by molar-refractivity contribution is 6.02. The van der Waals surface area contributed by atoms with Gasteiger partial charge < -0.3 is 15.0 Å². The average Bonchev–Trinajstić information content (AvgIpc) is 2.56. The molecule has 0 spiro atoms. The van der Waals surface area contributed by atoms with Crippen LogP contribution in [0.4, 0.5) is 11.4 Å². The van der Waals surface area contributed by atoms with Crippen molar-refractivity contribution in [2.45, 2.75) is 26.2 Å². The number of amides is 1. The number of para-hydroxylation sites is 2. The zero-order valence-corrected chi connectivity index (χ0v) is 14.5. The van der Waals surface area contributed by atoms with Gasteiger partial charge in [-0.05, 0) is 35.2 Å². The Hall–Kier alpha value is -2.49. The molecule has 0 fully saturated rings. The summed E-state index contributed by atoms with van der Waals surface area (Å²) in [6.07, 6.45) is 0. The van der Waals surface area contributed by atoms with Gasteiger partial charge in [-0.15, -0.1) is 0 Å². The van der Waals surface area contributed by atoms with E-state index in [-0.39, 0.29) is 11.3 Å². The van der Waals surface area contributed by atoms with E-state index in [1.807, 2.05) is 36.4 Å². The van der Waals surface area contributed by atoms with Gasteiger partial charge >= 0.3 is 0 Å². The molecule has 1 N–H and O–H groups in total. The quantitative estimate of drug-likeness (QED) is 0.929. The lowest BCUT2D eigenvalue weighted by Gasteiger charge is -2.30. The van der Waals surface area contributed by atoms with Crippen LogP contribution in [0.2, 0.25) is 0 Å². The average molecular weight is 324 g/mol. The molecule has 0 saturated carbocycles. The Kier molecular flexibility index (Phi) is 4.47. The lowest BCUT2D eigenvalue weighted by molar-refractivity contribution is -0.117. The first-order chi connectivity index (χ1) is 11.4. The SMILES string of the molecule is CC(C)(C)c1ccc(OCCN2C(=O)CNc3ccccc32)cc1. The summed E-state index contributed by atoms with van der Waals surface area (Å²) in [5.74, 6) is 0.902. The van der Waals surface area contributed by atoms with Crippen LogP contribution in [0.25, 0.3) is 0 Å². The number of rotatable bonds is 4. The fourth-order valence-electron chi connectivity index (χ4n) is 2.81. The van der Waals surface area contributed by atoms with Gasteiger partial charge in [-0.2, -0.15) is 0 Å². The van der Waals surface area contributed by atoms with Crippen molar-refractivity contribution >= 4 is 17.3 Å². The number of anilines is 2. The second-order valence-electron chi connectivity index (χ2n) is 7.04. The first-order valence-electron chi connectivity index (χ1n) is 8.32. The fraction of sp³-hybridized carbons (Fsp3) is 0.350. The van der Waals surface area contributed by atoms with Crippen molar-refractivity contribution in [3.8, 4) is 5.75 Å². The smallest absolute Gasteiger partial charge is 0.246 e. The Morgan fingerprint density at radius 3 is 2.50 bits per heavy atom. The fourth-order valence-corrected chi connectivity index (χ4v) is 2.81. The molecule has 2 aromatic carbocycles. The highest BCUT2D eigenvalue weighted by Crippen LogP contribution is 2.29. The number of hydrogen-bond donors (Lipinski definition) is 1. The van der Waals surface area contributed by atoms with E-state index in [9.17, 15) is 4.79 Å². The van der Waals surface area contributed by atoms with Crippen LogP contribution in [0.3, 0.4) is 0 Å². The van der Waals surface area contributed by atoms with Crippen molar-refractivity contribution in [3.63, 3.8) is 0 Å². The summed E-state index contributed by atoms with van der Waals surface area (Å²) >= 11 is 0. The summed E-state index contributed by atoms with van der Waals surface area (Å²) in [4.78, 5) is 13.9. The first kappa shape index (κ1) is 16.4. The molecule has 1 aliphatic heterocycles. The van der Waals surface area contributed by atoms with Crippen LogP contribution < -0.4 is 15.0 Å². The van der Waals surface area contributed by atoms with E-state index < -0.39 is 0 Å². The summed E-state index contributed by atoms with van der Waals surface area (Å²) in [5, 5.41) is 3.14. The number of benzene rings is 2. The van der Waals surface area contributed by atoms with Gasteiger partial charge in [-0.3, -0.25) is 4.79 Å². The molecular weight excluding hydrogens is 300 g/mol. The van der Waals surface area contributed by atoms with Gasteiger partial charge in [0.25, 0.3) is 0 Å². The Bertz CT molecular complexity index is 717. The molecule has 0 bridgehead atoms. The van der Waals surface area contributed by atoms with E-state index >= 15 is 0 Å². The summed E-state index contributed by atoms with van der Waals surface area (Å²) in [6, 6.07) is 16.0. The Labute approximate surface area is 143 Å². The maximum Gasteiger partial charge on any atom is 0.246 e. The molecule has 3 rings (SSSR count). The van der Waals surface area contributed by atoms with Crippen LogP contribution in [0.15, 0.2) is 48.5 Å². The largest absolute Gasteiger partial charge is 0.492 e. The Morgan fingerprint density at radius 1 is 1.08 bits per heavy atom. The zero-order chi connectivity index (χ0) is 17.2. The molecule has 1 heterocycles. The van der Waals surface area contributed by atoms with Gasteiger partial charge in [-0.1, -0.05) is 45.0 Å². The third kappa shape index (κ3) is 3.53. The van der Waals surface area contributed by atoms with Gasteiger partial charge in [0, 0.05) is 0 Å². The van der Waals surface area contributed by atoms with E-state index in [1.165, 1.54) is 5.56 Å². The molecule has 24 heavy (non-hydrogen) atoms. The maximum atomic E-state index is 12.2. The molecule has 0 atom stereocenters. The van der Waals surface area contributed by atoms with Crippen molar-refractivity contribution in [1.82, 2.24) is 0 Å². The molecule has 2 aromatic rings. The molecule has 1 amide bonds. The van der Waals surface area contributed by atoms with Crippen molar-refractivity contribution in [2.24, 2.45) is 0 Å². The summed E-state index contributed by atoms with van der Waals surface area (Å²) in [5.41, 5.74) is 3.32. The van der Waals surface area contributed by atoms with Crippen LogP contribution in [0.1, 0.15) is 26.3 Å². The predicted octanol–water partition coefficient (Wildman–Crippen LogP) is 3.82. The minimum atomic E-state index is 0.0698. The molecule has 0 aliphatic carbocycles. The van der Waals surface area contributed by atoms with E-state index in [0.29, 0.717) is 19.7 Å². The van der Waals surface area contributed by atoms with Crippen molar-refractivity contribution < 1.29 is 9.53 Å². The molecule has 126 valence electrons. The highest BCUT2D eigenvalue weighted by Gasteiger charge is 2.23. The van der Waals surface area contributed by atoms with Gasteiger partial charge in [-0.25, -0.2) is 0 Å². The number of fused-ring (bicyclic) bond motifs is 1. The molecule has 0 radical (unpaired) electrons. The summed E-state index contributed by atoms with van der Waals surface area (Å²) in [7, 11) is 0. The topological polar surface area (TPSA) is 41.6 Å². The van der Waals surface area contributed by atoms with E-state index in [2.05, 4.69) is 38.2 Å². The van der Waals surface area contributed by atoms with Crippen molar-refractivity contribution in [1.29, 1.82) is 0 Å². The third-order valence-electron chi connectivity index (χ3n) is 4.23. The predicted molar refractivity (Wildman–Crippen MR) is 97.9 cm³/mol. The van der Waals surface area contributed by atoms with Crippen LogP contribution >= 0.6 is 0 Å². The lowest BCUT2D eigenvalue weighted by Crippen LogP contribution is -2.42. The van der Waals surface area contributed by atoms with Gasteiger partial charge in [0.2, 0.25) is 5.91 Å². The standard InChI is InChI=1S/C20H24N2O2/c1-20(2,3)15-8-10-16(11-9-15)24-13-12-22-18-7-5-4-6-17(18)21-14-19(22)23/h4-11,21H,12-14H2,1-3H3. The van der Waals surface area contributed by atoms with Crippen molar-refractivity contribution in [2.75, 3.05) is 29.9 Å². The summed E-state index contributed by atoms with van der Waals surface area (Å²) < 4.78 is 5.83. The molecule has 4 nitrogen and oxygen atoms in total. The second-order valence-corrected chi connectivity index (χ2v) is 7.04. The molecule has 0 saturated heterocycles. The second kappa shape index (κ2) is 6.56. The van der Waals surface area contributed by atoms with Gasteiger partial charge in [0.05, 0.1) is 24.5 Å². The molecule has 0 unspecified atom stereocenters. The minimum Gasteiger partial charge on any atom is -0.492 e. The van der Waals surface area contributed by atoms with Crippen LogP contribution in [-0.4, -0.2) is 25.6 Å². The summed E-state index contributed by atoms with van der Waals surface area (Å²) in [6.45, 7) is 7.91. The molecule has 4 heteroatoms. The van der Waals surface area contributed by atoms with Crippen LogP contribution in [0, 0.1) is 0 Å². The Balaban J connectivity index is 1.61. The number of hydrogen-bond acceptors (Lipinski definition) is 3. The monoisotopic (exact) mass is 324 g/mol. The molecule has 1 aliphatic rings. The number of ether oxygens (including phenoxy) is 1. The van der Waals surface area contributed by atoms with E-state index in [0.717, 1.165) is 17.1 Å². The number of carbonyl (C=O) groups excluding carboxylic acids is 1. The first-order valence-corrected chi connectivity index (χ1v) is 8.32. The van der Waals surface area contributed by atoms with Gasteiger partial charge in [0.1, 0.15) is 12.4 Å². The van der Waals surface area contributed by atoms with E-state index in [4.69, 9.17) is 4.74 Å². The third-order valence-corrected chi connectivity index (χ3v) is 4.23. The maximum absolute atomic E-state index is 12.2. The van der Waals surface area contributed by atoms with E-state index in [1.54, 1.807) is 4.90 Å². The number of carbonyl (C=O) groups is 1. The Morgan fingerprint density at radius 2 is 1.79 bits per heavy atom. The van der Waals surface area contributed by atoms with Crippen LogP contribution in [-0.2, 0) is 10.2 Å². The molecular formula is C20H24N2O2. The zero-order valence-electron chi connectivity index (χ0n) is 14.5. The molecule has 0 aromatic heterocycles. The number of nitrogens with zero attached hydrogens (tertiary/aromatic N) is 1. The number of nitrogens with one attached hydrogen (secondary N) is 1. The van der Waals surface area contributed by atoms with Crippen molar-refractivity contribution in [3.05, 3.63) is 54.1 Å². The minimum absolute atomic E-state index is 0.0698. The van der Waals surface area contributed by atoms with Gasteiger partial charge in [0.15, 0.2) is 0 Å². The van der Waals surface area contributed by atoms with Crippen LogP contribution in [0.5, 0.6) is 5.75 Å². The highest BCUT2D eigenvalue weighted by atomic mass is 16.5. The normalized spacial score (nSPS) is 14.1. The lowest BCUT2D eigenvalue weighted by atomic mass is 9.87.